The molecule has 10 rings (SSSR count). The molecule has 10 aromatic rings. The molecule has 0 radical (unpaired) electrons. The van der Waals surface area contributed by atoms with Crippen molar-refractivity contribution in [3.8, 4) is 28.5 Å². The van der Waals surface area contributed by atoms with Crippen molar-refractivity contribution in [2.24, 2.45) is 0 Å². The first-order valence-electron chi connectivity index (χ1n) is 20.2. The molecule has 0 aliphatic carbocycles. The molecule has 0 aliphatic rings. The van der Waals surface area contributed by atoms with Gasteiger partial charge in [-0.25, -0.2) is 9.97 Å². The van der Waals surface area contributed by atoms with Gasteiger partial charge in [0.25, 0.3) is 0 Å². The molecule has 0 aliphatic heterocycles. The van der Waals surface area contributed by atoms with Crippen molar-refractivity contribution in [3.05, 3.63) is 212 Å². The summed E-state index contributed by atoms with van der Waals surface area (Å²) in [5.41, 5.74) is 11.4. The van der Waals surface area contributed by atoms with Crippen molar-refractivity contribution in [1.82, 2.24) is 24.5 Å². The first kappa shape index (κ1) is 43.1. The summed E-state index contributed by atoms with van der Waals surface area (Å²) >= 11 is 0. The van der Waals surface area contributed by atoms with E-state index in [9.17, 15) is 0 Å². The van der Waals surface area contributed by atoms with E-state index in [1.54, 1.807) is 12.4 Å². The summed E-state index contributed by atoms with van der Waals surface area (Å²) in [6.07, 6.45) is 7.47. The molecule has 4 aromatic heterocycles. The summed E-state index contributed by atoms with van der Waals surface area (Å²) in [4.78, 5) is 23.6. The zero-order chi connectivity index (χ0) is 41.3. The van der Waals surface area contributed by atoms with Crippen molar-refractivity contribution in [1.29, 1.82) is 0 Å². The number of benzene rings is 6. The Morgan fingerprint density at radius 1 is 0.444 bits per heavy atom. The molecule has 0 saturated heterocycles. The molecule has 0 fully saturated rings. The summed E-state index contributed by atoms with van der Waals surface area (Å²) in [5.74, 6) is 0.528. The number of rotatable bonds is 9. The van der Waals surface area contributed by atoms with Crippen LogP contribution in [0, 0.1) is 24.3 Å². The van der Waals surface area contributed by atoms with E-state index in [0.717, 1.165) is 84.0 Å². The Labute approximate surface area is 396 Å². The van der Waals surface area contributed by atoms with Crippen LogP contribution in [0.1, 0.15) is 26.3 Å². The summed E-state index contributed by atoms with van der Waals surface area (Å²) in [7, 11) is 0. The summed E-state index contributed by atoms with van der Waals surface area (Å²) in [6.45, 7) is 6.51. The monoisotopic (exact) mass is 1090 g/mol. The number of hydrogen-bond donors (Lipinski definition) is 0. The topological polar surface area (TPSA) is 63.0 Å². The van der Waals surface area contributed by atoms with E-state index in [0.29, 0.717) is 5.95 Å². The van der Waals surface area contributed by atoms with Gasteiger partial charge in [0.15, 0.2) is 0 Å². The van der Waals surface area contributed by atoms with Crippen molar-refractivity contribution in [3.63, 3.8) is 0 Å². The fourth-order valence-electron chi connectivity index (χ4n) is 7.61. The van der Waals surface area contributed by atoms with Crippen LogP contribution in [-0.2, 0) is 46.9 Å². The number of fused-ring (bicyclic) bond motifs is 3. The van der Waals surface area contributed by atoms with E-state index < -0.39 is 0 Å². The Morgan fingerprint density at radius 2 is 0.873 bits per heavy atom. The van der Waals surface area contributed by atoms with Crippen LogP contribution in [0.25, 0.3) is 50.3 Å². The summed E-state index contributed by atoms with van der Waals surface area (Å²) in [6, 6.07) is 68.3. The average Bonchev–Trinajstić information content (AvgIpc) is 3.63. The SMILES string of the molecule is CC(C)(C)c1cnc(-n2c3[c-]c(N(c4[c-]c(-c5ccccn5)ccc4)c4ccccc4)ccc3c3ccc(N(c4[c-]c(-c5ccccn5)ccc4)c4ccccc4)[c-]c32)nc1.[Pd+2].[Pt+2]. The van der Waals surface area contributed by atoms with Crippen LogP contribution in [0.5, 0.6) is 0 Å². The van der Waals surface area contributed by atoms with E-state index in [4.69, 9.17) is 9.97 Å². The van der Waals surface area contributed by atoms with Crippen LogP contribution in [0.15, 0.2) is 183 Å². The molecule has 0 atom stereocenters. The molecule has 4 heterocycles. The zero-order valence-corrected chi connectivity index (χ0v) is 38.4. The number of para-hydroxylation sites is 2. The third kappa shape index (κ3) is 8.63. The second-order valence-corrected chi connectivity index (χ2v) is 15.7. The van der Waals surface area contributed by atoms with Gasteiger partial charge in [-0.2, -0.15) is 22.9 Å². The van der Waals surface area contributed by atoms with Crippen LogP contribution in [-0.4, -0.2) is 24.5 Å². The predicted molar refractivity (Wildman–Crippen MR) is 246 cm³/mol. The van der Waals surface area contributed by atoms with Gasteiger partial charge in [-0.05, 0) is 70.1 Å². The largest absolute Gasteiger partial charge is 2.00 e. The molecule has 0 saturated carbocycles. The fourth-order valence-corrected chi connectivity index (χ4v) is 7.61. The third-order valence-electron chi connectivity index (χ3n) is 10.7. The second-order valence-electron chi connectivity index (χ2n) is 15.7. The maximum absolute atomic E-state index is 5.02. The fraction of sp³-hybridized carbons (Fsp3) is 0.0741. The molecule has 0 bridgehead atoms. The van der Waals surface area contributed by atoms with Gasteiger partial charge >= 0.3 is 41.5 Å². The Bertz CT molecular complexity index is 2940. The minimum Gasteiger partial charge on any atom is -0.352 e. The number of pyridine rings is 2. The molecule has 0 N–H and O–H groups in total. The number of hydrogen-bond acceptors (Lipinski definition) is 6. The Balaban J connectivity index is 0.00000272. The molecular formula is C54H39N7PdPt. The van der Waals surface area contributed by atoms with E-state index in [1.165, 1.54) is 0 Å². The number of nitrogens with zero attached hydrogens (tertiary/aromatic N) is 7. The molecule has 9 heteroatoms. The van der Waals surface area contributed by atoms with Crippen molar-refractivity contribution >= 4 is 55.9 Å². The van der Waals surface area contributed by atoms with Gasteiger partial charge in [-0.15, -0.1) is 83.9 Å². The molecular weight excluding hydrogens is 1050 g/mol. The average molecular weight is 1090 g/mol. The zero-order valence-electron chi connectivity index (χ0n) is 34.6. The summed E-state index contributed by atoms with van der Waals surface area (Å²) in [5, 5.41) is 2.00. The number of anilines is 6. The van der Waals surface area contributed by atoms with Crippen LogP contribution in [0.2, 0.25) is 0 Å². The molecule has 63 heavy (non-hydrogen) atoms. The van der Waals surface area contributed by atoms with Crippen LogP contribution < -0.4 is 9.80 Å². The minimum atomic E-state index is -0.120. The standard InChI is InChI=1S/C54H39N7.Pd.Pt/c1-54(2,3)40-36-57-53(58-37-40)61-51-34-45(59(41-18-6-4-7-19-41)43-22-14-16-38(32-43)49-24-10-12-30-55-49)26-28-47(51)48-29-27-46(35-52(48)61)60(42-20-8-5-9-21-42)44-23-15-17-39(33-44)50-25-11-13-31-56-50;;/h4-31,36-37H,1-3H3;;/q-4;2*+2. The van der Waals surface area contributed by atoms with Crippen LogP contribution >= 0.6 is 0 Å². The molecule has 0 unspecified atom stereocenters. The van der Waals surface area contributed by atoms with Gasteiger partial charge < -0.3 is 24.3 Å². The van der Waals surface area contributed by atoms with Crippen molar-refractivity contribution in [2.45, 2.75) is 26.2 Å². The molecule has 0 spiro atoms. The smallest absolute Gasteiger partial charge is 0.352 e. The first-order valence-corrected chi connectivity index (χ1v) is 20.2. The molecule has 7 nitrogen and oxygen atoms in total. The van der Waals surface area contributed by atoms with Gasteiger partial charge in [-0.1, -0.05) is 104 Å². The molecule has 0 amide bonds. The maximum Gasteiger partial charge on any atom is 2.00 e. The Hall–Kier alpha value is -6.55. The van der Waals surface area contributed by atoms with Gasteiger partial charge in [0.1, 0.15) is 0 Å². The van der Waals surface area contributed by atoms with Crippen molar-refractivity contribution in [2.75, 3.05) is 9.80 Å². The van der Waals surface area contributed by atoms with Gasteiger partial charge in [-0.3, -0.25) is 0 Å². The maximum atomic E-state index is 5.02. The van der Waals surface area contributed by atoms with Crippen LogP contribution in [0.3, 0.4) is 0 Å². The first-order chi connectivity index (χ1) is 29.9. The van der Waals surface area contributed by atoms with E-state index in [2.05, 4.69) is 130 Å². The third-order valence-corrected chi connectivity index (χ3v) is 10.7. The number of aromatic nitrogens is 5. The quantitative estimate of drug-likeness (QED) is 0.106. The molecule has 6 aromatic carbocycles. The predicted octanol–water partition coefficient (Wildman–Crippen LogP) is 13.1. The van der Waals surface area contributed by atoms with Gasteiger partial charge in [0, 0.05) is 36.2 Å². The molecule has 310 valence electrons. The minimum absolute atomic E-state index is 0. The van der Waals surface area contributed by atoms with E-state index >= 15 is 0 Å². The van der Waals surface area contributed by atoms with E-state index in [1.807, 2.05) is 109 Å². The summed E-state index contributed by atoms with van der Waals surface area (Å²) < 4.78 is 2.08. The van der Waals surface area contributed by atoms with E-state index in [-0.39, 0.29) is 46.9 Å². The van der Waals surface area contributed by atoms with Gasteiger partial charge in [0.2, 0.25) is 5.95 Å². The normalized spacial score (nSPS) is 11.2. The van der Waals surface area contributed by atoms with Gasteiger partial charge in [0.05, 0.1) is 0 Å². The Morgan fingerprint density at radius 3 is 1.29 bits per heavy atom. The second kappa shape index (κ2) is 18.4. The Kier molecular flexibility index (Phi) is 12.6. The van der Waals surface area contributed by atoms with Crippen LogP contribution in [0.4, 0.5) is 34.1 Å². The van der Waals surface area contributed by atoms with Crippen molar-refractivity contribution < 1.29 is 41.5 Å².